The van der Waals surface area contributed by atoms with Crippen LogP contribution in [0.2, 0.25) is 5.02 Å². The van der Waals surface area contributed by atoms with Gasteiger partial charge in [-0.2, -0.15) is 9.61 Å². The van der Waals surface area contributed by atoms with E-state index in [-0.39, 0.29) is 0 Å². The molecule has 0 amide bonds. The summed E-state index contributed by atoms with van der Waals surface area (Å²) in [7, 11) is 1.66. The van der Waals surface area contributed by atoms with Gasteiger partial charge in [-0.05, 0) is 37.6 Å². The largest absolute Gasteiger partial charge is 0.496 e. The first-order chi connectivity index (χ1) is 13.1. The van der Waals surface area contributed by atoms with Crippen LogP contribution in [-0.4, -0.2) is 21.7 Å². The summed E-state index contributed by atoms with van der Waals surface area (Å²) in [5.74, 6) is 1.61. The number of benzene rings is 2. The van der Waals surface area contributed by atoms with Crippen LogP contribution in [0.5, 0.6) is 5.75 Å². The average molecular weight is 379 g/mol. The molecule has 6 heteroatoms. The molecule has 0 aliphatic carbocycles. The minimum Gasteiger partial charge on any atom is -0.496 e. The quantitative estimate of drug-likeness (QED) is 0.515. The molecule has 0 saturated heterocycles. The molecule has 2 aromatic heterocycles. The molecule has 5 nitrogen and oxygen atoms in total. The maximum absolute atomic E-state index is 6.26. The molecule has 0 aliphatic heterocycles. The number of hydrogen-bond donors (Lipinski definition) is 1. The first-order valence-corrected chi connectivity index (χ1v) is 8.96. The molecule has 0 spiro atoms. The second-order valence-electron chi connectivity index (χ2n) is 6.37. The number of aromatic nitrogens is 3. The third kappa shape index (κ3) is 3.22. The van der Waals surface area contributed by atoms with Crippen molar-refractivity contribution in [2.75, 3.05) is 12.4 Å². The second-order valence-corrected chi connectivity index (χ2v) is 6.77. The Bertz CT molecular complexity index is 1140. The number of methoxy groups -OCH3 is 1. The fourth-order valence-corrected chi connectivity index (χ4v) is 3.23. The van der Waals surface area contributed by atoms with E-state index in [1.54, 1.807) is 11.6 Å². The van der Waals surface area contributed by atoms with Crippen LogP contribution in [0, 0.1) is 13.8 Å². The standard InChI is InChI=1S/C21H19ClN4O/c1-13-8-9-15(11-18(13)22)25-20-10-14(2)24-21-17(12-23-26(20)21)16-6-4-5-7-19(16)27-3/h4-12,25H,1-3H3. The van der Waals surface area contributed by atoms with Gasteiger partial charge in [0.05, 0.1) is 18.9 Å². The van der Waals surface area contributed by atoms with Crippen LogP contribution in [0.1, 0.15) is 11.3 Å². The van der Waals surface area contributed by atoms with Gasteiger partial charge in [-0.15, -0.1) is 0 Å². The maximum atomic E-state index is 6.26. The molecule has 0 radical (unpaired) electrons. The Morgan fingerprint density at radius 1 is 1.04 bits per heavy atom. The fraction of sp³-hybridized carbons (Fsp3) is 0.143. The molecule has 2 heterocycles. The number of fused-ring (bicyclic) bond motifs is 1. The molecule has 0 atom stereocenters. The molecule has 4 rings (SSSR count). The minimum atomic E-state index is 0.720. The van der Waals surface area contributed by atoms with E-state index in [0.717, 1.165) is 50.3 Å². The van der Waals surface area contributed by atoms with Crippen molar-refractivity contribution >= 4 is 28.8 Å². The van der Waals surface area contributed by atoms with Crippen LogP contribution in [0.25, 0.3) is 16.8 Å². The van der Waals surface area contributed by atoms with E-state index >= 15 is 0 Å². The number of ether oxygens (including phenoxy) is 1. The lowest BCUT2D eigenvalue weighted by Gasteiger charge is -2.11. The van der Waals surface area contributed by atoms with Crippen LogP contribution in [0.3, 0.4) is 0 Å². The van der Waals surface area contributed by atoms with E-state index in [4.69, 9.17) is 21.3 Å². The molecule has 0 bridgehead atoms. The van der Waals surface area contributed by atoms with Crippen molar-refractivity contribution in [3.8, 4) is 16.9 Å². The van der Waals surface area contributed by atoms with Crippen molar-refractivity contribution < 1.29 is 4.74 Å². The number of nitrogens with zero attached hydrogens (tertiary/aromatic N) is 3. The highest BCUT2D eigenvalue weighted by molar-refractivity contribution is 6.31. The van der Waals surface area contributed by atoms with Gasteiger partial charge in [0.15, 0.2) is 5.65 Å². The Morgan fingerprint density at radius 2 is 1.85 bits per heavy atom. The molecular weight excluding hydrogens is 360 g/mol. The van der Waals surface area contributed by atoms with Gasteiger partial charge < -0.3 is 10.1 Å². The SMILES string of the molecule is COc1ccccc1-c1cnn2c(Nc3ccc(C)c(Cl)c3)cc(C)nc12. The van der Waals surface area contributed by atoms with E-state index < -0.39 is 0 Å². The van der Waals surface area contributed by atoms with Gasteiger partial charge in [0, 0.05) is 28.0 Å². The summed E-state index contributed by atoms with van der Waals surface area (Å²) < 4.78 is 7.30. The zero-order chi connectivity index (χ0) is 19.0. The lowest BCUT2D eigenvalue weighted by atomic mass is 10.1. The van der Waals surface area contributed by atoms with Crippen LogP contribution in [-0.2, 0) is 0 Å². The molecule has 4 aromatic rings. The monoisotopic (exact) mass is 378 g/mol. The van der Waals surface area contributed by atoms with E-state index in [1.165, 1.54) is 0 Å². The molecule has 0 unspecified atom stereocenters. The molecule has 2 aromatic carbocycles. The van der Waals surface area contributed by atoms with Gasteiger partial charge in [-0.3, -0.25) is 0 Å². The van der Waals surface area contributed by atoms with Gasteiger partial charge >= 0.3 is 0 Å². The second kappa shape index (κ2) is 6.93. The van der Waals surface area contributed by atoms with Crippen molar-refractivity contribution in [2.24, 2.45) is 0 Å². The lowest BCUT2D eigenvalue weighted by Crippen LogP contribution is -2.02. The minimum absolute atomic E-state index is 0.720. The smallest absolute Gasteiger partial charge is 0.165 e. The van der Waals surface area contributed by atoms with Gasteiger partial charge in [0.2, 0.25) is 0 Å². The number of para-hydroxylation sites is 1. The summed E-state index contributed by atoms with van der Waals surface area (Å²) in [4.78, 5) is 4.70. The number of halogens is 1. The summed E-state index contributed by atoms with van der Waals surface area (Å²) in [6.45, 7) is 3.94. The Hall–Kier alpha value is -3.05. The fourth-order valence-electron chi connectivity index (χ4n) is 3.05. The van der Waals surface area contributed by atoms with Crippen LogP contribution >= 0.6 is 11.6 Å². The molecule has 27 heavy (non-hydrogen) atoms. The van der Waals surface area contributed by atoms with Crippen LogP contribution in [0.4, 0.5) is 11.5 Å². The Kier molecular flexibility index (Phi) is 4.46. The van der Waals surface area contributed by atoms with E-state index in [9.17, 15) is 0 Å². The van der Waals surface area contributed by atoms with Gasteiger partial charge in [-0.1, -0.05) is 35.9 Å². The van der Waals surface area contributed by atoms with Crippen LogP contribution < -0.4 is 10.1 Å². The maximum Gasteiger partial charge on any atom is 0.165 e. The van der Waals surface area contributed by atoms with Crippen molar-refractivity contribution in [1.29, 1.82) is 0 Å². The average Bonchev–Trinajstić information content (AvgIpc) is 3.08. The number of rotatable bonds is 4. The number of nitrogens with one attached hydrogen (secondary N) is 1. The van der Waals surface area contributed by atoms with E-state index in [0.29, 0.717) is 0 Å². The van der Waals surface area contributed by atoms with Crippen molar-refractivity contribution in [1.82, 2.24) is 14.6 Å². The summed E-state index contributed by atoms with van der Waals surface area (Å²) in [6, 6.07) is 15.7. The Labute approximate surface area is 162 Å². The summed E-state index contributed by atoms with van der Waals surface area (Å²) in [5, 5.41) is 8.66. The van der Waals surface area contributed by atoms with Crippen molar-refractivity contribution in [3.63, 3.8) is 0 Å². The summed E-state index contributed by atoms with van der Waals surface area (Å²) in [6.07, 6.45) is 1.81. The predicted molar refractivity (Wildman–Crippen MR) is 109 cm³/mol. The zero-order valence-corrected chi connectivity index (χ0v) is 16.1. The van der Waals surface area contributed by atoms with Gasteiger partial charge in [0.1, 0.15) is 11.6 Å². The van der Waals surface area contributed by atoms with Gasteiger partial charge in [-0.25, -0.2) is 4.98 Å². The molecule has 0 saturated carbocycles. The number of anilines is 2. The van der Waals surface area contributed by atoms with Crippen LogP contribution in [0.15, 0.2) is 54.7 Å². The highest BCUT2D eigenvalue weighted by Crippen LogP contribution is 2.33. The molecule has 136 valence electrons. The topological polar surface area (TPSA) is 51.5 Å². The third-order valence-electron chi connectivity index (χ3n) is 4.44. The number of hydrogen-bond acceptors (Lipinski definition) is 4. The highest BCUT2D eigenvalue weighted by atomic mass is 35.5. The third-order valence-corrected chi connectivity index (χ3v) is 4.85. The normalized spacial score (nSPS) is 11.0. The summed E-state index contributed by atoms with van der Waals surface area (Å²) in [5.41, 5.74) is 5.46. The van der Waals surface area contributed by atoms with Crippen molar-refractivity contribution in [3.05, 3.63) is 71.0 Å². The predicted octanol–water partition coefficient (Wildman–Crippen LogP) is 5.42. The zero-order valence-electron chi connectivity index (χ0n) is 15.3. The molecule has 0 aliphatic rings. The van der Waals surface area contributed by atoms with Crippen molar-refractivity contribution in [2.45, 2.75) is 13.8 Å². The molecular formula is C21H19ClN4O. The number of aryl methyl sites for hydroxylation is 2. The summed E-state index contributed by atoms with van der Waals surface area (Å²) >= 11 is 6.26. The Morgan fingerprint density at radius 3 is 2.63 bits per heavy atom. The highest BCUT2D eigenvalue weighted by Gasteiger charge is 2.15. The molecule has 0 fully saturated rings. The lowest BCUT2D eigenvalue weighted by molar-refractivity contribution is 0.416. The molecule has 1 N–H and O–H groups in total. The van der Waals surface area contributed by atoms with E-state index in [1.807, 2.05) is 68.6 Å². The first-order valence-electron chi connectivity index (χ1n) is 8.59. The first kappa shape index (κ1) is 17.4. The Balaban J connectivity index is 1.84. The van der Waals surface area contributed by atoms with Gasteiger partial charge in [0.25, 0.3) is 0 Å². The van der Waals surface area contributed by atoms with E-state index in [2.05, 4.69) is 10.4 Å².